The average Bonchev–Trinajstić information content (AvgIpc) is 3.43. The molecule has 4 rings (SSSR count). The summed E-state index contributed by atoms with van der Waals surface area (Å²) in [7, 11) is 0. The molecular weight excluding hydrogens is 348 g/mol. The summed E-state index contributed by atoms with van der Waals surface area (Å²) in [6.07, 6.45) is 6.86. The maximum absolute atomic E-state index is 12.3. The van der Waals surface area contributed by atoms with E-state index in [1.807, 2.05) is 0 Å². The molecule has 7 heteroatoms. The monoisotopic (exact) mass is 374 g/mol. The molecular formula is C20H26N2O5. The smallest absolute Gasteiger partial charge is 0.306 e. The van der Waals surface area contributed by atoms with Crippen LogP contribution < -0.4 is 0 Å². The van der Waals surface area contributed by atoms with Crippen LogP contribution in [0.4, 0.5) is 0 Å². The molecule has 0 radical (unpaired) electrons. The van der Waals surface area contributed by atoms with Gasteiger partial charge in [0.25, 0.3) is 11.8 Å². The van der Waals surface area contributed by atoms with E-state index in [0.717, 1.165) is 12.3 Å². The lowest BCUT2D eigenvalue weighted by Crippen LogP contribution is -2.51. The summed E-state index contributed by atoms with van der Waals surface area (Å²) in [5.74, 6) is 1.62. The van der Waals surface area contributed by atoms with E-state index in [1.165, 1.54) is 25.5 Å². The highest BCUT2D eigenvalue weighted by Crippen LogP contribution is 2.49. The third-order valence-corrected chi connectivity index (χ3v) is 6.32. The average molecular weight is 374 g/mol. The van der Waals surface area contributed by atoms with Gasteiger partial charge >= 0.3 is 5.97 Å². The van der Waals surface area contributed by atoms with E-state index in [0.29, 0.717) is 50.2 Å². The van der Waals surface area contributed by atoms with Gasteiger partial charge in [0.15, 0.2) is 12.4 Å². The van der Waals surface area contributed by atoms with Crippen molar-refractivity contribution in [3.63, 3.8) is 0 Å². The first-order chi connectivity index (χ1) is 13.1. The predicted octanol–water partition coefficient (Wildman–Crippen LogP) is 1.93. The van der Waals surface area contributed by atoms with Crippen LogP contribution in [0.5, 0.6) is 0 Å². The van der Waals surface area contributed by atoms with Crippen LogP contribution in [0.15, 0.2) is 22.8 Å². The fraction of sp³-hybridized carbons (Fsp3) is 0.650. The second-order valence-corrected chi connectivity index (χ2v) is 7.95. The molecule has 7 nitrogen and oxygen atoms in total. The Balaban J connectivity index is 1.17. The number of hydrogen-bond acceptors (Lipinski definition) is 5. The van der Waals surface area contributed by atoms with Crippen molar-refractivity contribution in [3.05, 3.63) is 24.2 Å². The summed E-state index contributed by atoms with van der Waals surface area (Å²) in [5, 5.41) is 0. The largest absolute Gasteiger partial charge is 0.459 e. The molecule has 3 atom stereocenters. The topological polar surface area (TPSA) is 80.1 Å². The number of fused-ring (bicyclic) bond motifs is 2. The SMILES string of the molecule is O=C(CC1CC2CCC1C2)OCC(=O)N1CCN(C(=O)c2ccco2)CC1. The van der Waals surface area contributed by atoms with Crippen LogP contribution in [0.3, 0.4) is 0 Å². The van der Waals surface area contributed by atoms with Crippen molar-refractivity contribution in [2.75, 3.05) is 32.8 Å². The highest BCUT2D eigenvalue weighted by molar-refractivity contribution is 5.91. The molecule has 2 saturated carbocycles. The minimum atomic E-state index is -0.257. The number of carbonyl (C=O) groups is 3. The maximum atomic E-state index is 12.3. The van der Waals surface area contributed by atoms with Crippen LogP contribution in [-0.2, 0) is 14.3 Å². The number of piperazine rings is 1. The summed E-state index contributed by atoms with van der Waals surface area (Å²) in [4.78, 5) is 39.9. The minimum Gasteiger partial charge on any atom is -0.459 e. The Morgan fingerprint density at radius 1 is 1.07 bits per heavy atom. The van der Waals surface area contributed by atoms with E-state index in [2.05, 4.69) is 0 Å². The predicted molar refractivity (Wildman–Crippen MR) is 95.7 cm³/mol. The van der Waals surface area contributed by atoms with Crippen molar-refractivity contribution in [3.8, 4) is 0 Å². The third-order valence-electron chi connectivity index (χ3n) is 6.32. The van der Waals surface area contributed by atoms with E-state index in [4.69, 9.17) is 9.15 Å². The van der Waals surface area contributed by atoms with Gasteiger partial charge in [0.05, 0.1) is 6.26 Å². The fourth-order valence-corrected chi connectivity index (χ4v) is 4.85. The van der Waals surface area contributed by atoms with Crippen molar-refractivity contribution in [2.24, 2.45) is 17.8 Å². The number of carbonyl (C=O) groups excluding carboxylic acids is 3. The number of furan rings is 1. The number of esters is 1. The van der Waals surface area contributed by atoms with Gasteiger partial charge in [-0.05, 0) is 49.1 Å². The molecule has 1 aliphatic heterocycles. The molecule has 27 heavy (non-hydrogen) atoms. The Kier molecular flexibility index (Phi) is 5.18. The molecule has 2 aliphatic carbocycles. The quantitative estimate of drug-likeness (QED) is 0.736. The van der Waals surface area contributed by atoms with Crippen molar-refractivity contribution in [2.45, 2.75) is 32.1 Å². The Hall–Kier alpha value is -2.31. The minimum absolute atomic E-state index is 0.163. The summed E-state index contributed by atoms with van der Waals surface area (Å²) >= 11 is 0. The lowest BCUT2D eigenvalue weighted by molar-refractivity contribution is -0.153. The van der Waals surface area contributed by atoms with Gasteiger partial charge in [0.1, 0.15) is 0 Å². The van der Waals surface area contributed by atoms with Crippen LogP contribution in [0, 0.1) is 17.8 Å². The highest BCUT2D eigenvalue weighted by atomic mass is 16.5. The lowest BCUT2D eigenvalue weighted by Gasteiger charge is -2.34. The number of nitrogens with zero attached hydrogens (tertiary/aromatic N) is 2. The Morgan fingerprint density at radius 3 is 2.48 bits per heavy atom. The second kappa shape index (κ2) is 7.74. The molecule has 0 N–H and O–H groups in total. The molecule has 1 aromatic rings. The molecule has 3 unspecified atom stereocenters. The van der Waals surface area contributed by atoms with Crippen LogP contribution in [0.2, 0.25) is 0 Å². The summed E-state index contributed by atoms with van der Waals surface area (Å²) < 4.78 is 10.4. The standard InChI is InChI=1S/C20H26N2O5/c23-18(13-27-19(24)12-16-11-14-3-4-15(16)10-14)21-5-7-22(8-6-21)20(25)17-2-1-9-26-17/h1-2,9,14-16H,3-8,10-13H2. The first-order valence-electron chi connectivity index (χ1n) is 9.86. The van der Waals surface area contributed by atoms with E-state index in [9.17, 15) is 14.4 Å². The molecule has 2 heterocycles. The molecule has 1 aromatic heterocycles. The summed E-state index contributed by atoms with van der Waals surface area (Å²) in [5.41, 5.74) is 0. The molecule has 1 saturated heterocycles. The van der Waals surface area contributed by atoms with Gasteiger partial charge in [0.2, 0.25) is 0 Å². The van der Waals surface area contributed by atoms with Gasteiger partial charge in [-0.3, -0.25) is 14.4 Å². The van der Waals surface area contributed by atoms with Crippen molar-refractivity contribution in [1.82, 2.24) is 9.80 Å². The van der Waals surface area contributed by atoms with E-state index in [1.54, 1.807) is 21.9 Å². The lowest BCUT2D eigenvalue weighted by atomic mass is 9.86. The zero-order valence-electron chi connectivity index (χ0n) is 15.5. The molecule has 3 aliphatic rings. The van der Waals surface area contributed by atoms with Gasteiger partial charge in [-0.15, -0.1) is 0 Å². The van der Waals surface area contributed by atoms with Gasteiger partial charge < -0.3 is 19.0 Å². The Labute approximate surface area is 158 Å². The van der Waals surface area contributed by atoms with Crippen LogP contribution in [0.1, 0.15) is 42.7 Å². The van der Waals surface area contributed by atoms with E-state index >= 15 is 0 Å². The number of rotatable bonds is 5. The number of hydrogen-bond donors (Lipinski definition) is 0. The zero-order chi connectivity index (χ0) is 18.8. The summed E-state index contributed by atoms with van der Waals surface area (Å²) in [6.45, 7) is 1.57. The normalized spacial score (nSPS) is 27.0. The molecule has 0 spiro atoms. The van der Waals surface area contributed by atoms with Gasteiger partial charge in [-0.2, -0.15) is 0 Å². The first kappa shape index (κ1) is 18.1. The number of ether oxygens (including phenoxy) is 1. The molecule has 2 bridgehead atoms. The molecule has 3 fully saturated rings. The molecule has 0 aromatic carbocycles. The van der Waals surface area contributed by atoms with Crippen LogP contribution in [0.25, 0.3) is 0 Å². The second-order valence-electron chi connectivity index (χ2n) is 7.95. The first-order valence-corrected chi connectivity index (χ1v) is 9.86. The third kappa shape index (κ3) is 4.01. The zero-order valence-corrected chi connectivity index (χ0v) is 15.5. The maximum Gasteiger partial charge on any atom is 0.306 e. The summed E-state index contributed by atoms with van der Waals surface area (Å²) in [6, 6.07) is 3.31. The van der Waals surface area contributed by atoms with Crippen molar-refractivity contribution in [1.29, 1.82) is 0 Å². The van der Waals surface area contributed by atoms with Crippen LogP contribution in [-0.4, -0.2) is 60.4 Å². The highest BCUT2D eigenvalue weighted by Gasteiger charge is 2.40. The van der Waals surface area contributed by atoms with Crippen molar-refractivity contribution >= 4 is 17.8 Å². The van der Waals surface area contributed by atoms with Crippen LogP contribution >= 0.6 is 0 Å². The van der Waals surface area contributed by atoms with E-state index < -0.39 is 0 Å². The van der Waals surface area contributed by atoms with Crippen molar-refractivity contribution < 1.29 is 23.5 Å². The Bertz CT molecular complexity index is 693. The fourth-order valence-electron chi connectivity index (χ4n) is 4.85. The molecule has 146 valence electrons. The van der Waals surface area contributed by atoms with E-state index in [-0.39, 0.29) is 24.4 Å². The molecule has 2 amide bonds. The Morgan fingerprint density at radius 2 is 1.85 bits per heavy atom. The van der Waals surface area contributed by atoms with Gasteiger partial charge in [-0.1, -0.05) is 6.42 Å². The van der Waals surface area contributed by atoms with Gasteiger partial charge in [-0.25, -0.2) is 0 Å². The van der Waals surface area contributed by atoms with Gasteiger partial charge in [0, 0.05) is 32.6 Å². The number of amides is 2.